The maximum Gasteiger partial charge on any atom is 0.322 e. The van der Waals surface area contributed by atoms with Gasteiger partial charge in [-0.1, -0.05) is 12.1 Å². The van der Waals surface area contributed by atoms with Crippen LogP contribution in [0.2, 0.25) is 0 Å². The minimum Gasteiger partial charge on any atom is -0.493 e. The first-order valence-electron chi connectivity index (χ1n) is 11.9. The van der Waals surface area contributed by atoms with E-state index in [4.69, 9.17) is 14.2 Å². The minimum atomic E-state index is -0.911. The summed E-state index contributed by atoms with van der Waals surface area (Å²) in [6.07, 6.45) is 0.544. The Bertz CT molecular complexity index is 1210. The number of carbonyl (C=O) groups excluding carboxylic acids is 2. The molecule has 0 aliphatic carbocycles. The van der Waals surface area contributed by atoms with Crippen molar-refractivity contribution in [2.75, 3.05) is 52.9 Å². The number of nitrogens with one attached hydrogen (secondary N) is 1. The van der Waals surface area contributed by atoms with Gasteiger partial charge >= 0.3 is 6.03 Å². The molecule has 0 saturated heterocycles. The smallest absolute Gasteiger partial charge is 0.322 e. The molecular formula is C27H31F2N3O5S. The first kappa shape index (κ1) is 28.9. The van der Waals surface area contributed by atoms with Crippen molar-refractivity contribution in [1.29, 1.82) is 0 Å². The molecule has 0 atom stereocenters. The third-order valence-electron chi connectivity index (χ3n) is 5.75. The van der Waals surface area contributed by atoms with Crippen molar-refractivity contribution in [2.24, 2.45) is 0 Å². The van der Waals surface area contributed by atoms with Gasteiger partial charge in [0.25, 0.3) is 0 Å². The highest BCUT2D eigenvalue weighted by atomic mass is 32.1. The van der Waals surface area contributed by atoms with Crippen LogP contribution in [0.3, 0.4) is 0 Å². The van der Waals surface area contributed by atoms with Crippen molar-refractivity contribution < 1.29 is 32.6 Å². The quantitative estimate of drug-likeness (QED) is 0.333. The van der Waals surface area contributed by atoms with Crippen molar-refractivity contribution in [3.63, 3.8) is 0 Å². The van der Waals surface area contributed by atoms with Crippen LogP contribution in [-0.2, 0) is 22.5 Å². The number of methoxy groups -OCH3 is 3. The summed E-state index contributed by atoms with van der Waals surface area (Å²) in [7, 11) is 4.60. The Morgan fingerprint density at radius 1 is 0.947 bits per heavy atom. The van der Waals surface area contributed by atoms with Gasteiger partial charge in [0.2, 0.25) is 5.91 Å². The first-order chi connectivity index (χ1) is 18.3. The Morgan fingerprint density at radius 3 is 2.39 bits per heavy atom. The summed E-state index contributed by atoms with van der Waals surface area (Å²) in [6, 6.07) is 11.6. The van der Waals surface area contributed by atoms with Crippen molar-refractivity contribution in [1.82, 2.24) is 9.80 Å². The van der Waals surface area contributed by atoms with E-state index in [-0.39, 0.29) is 31.3 Å². The normalized spacial score (nSPS) is 10.7. The predicted octanol–water partition coefficient (Wildman–Crippen LogP) is 4.80. The van der Waals surface area contributed by atoms with Crippen LogP contribution in [0.25, 0.3) is 0 Å². The minimum absolute atomic E-state index is 0.0966. The van der Waals surface area contributed by atoms with Gasteiger partial charge in [-0.15, -0.1) is 11.3 Å². The van der Waals surface area contributed by atoms with E-state index in [0.29, 0.717) is 37.1 Å². The van der Waals surface area contributed by atoms with Gasteiger partial charge in [0.1, 0.15) is 18.2 Å². The van der Waals surface area contributed by atoms with Crippen LogP contribution in [-0.4, -0.2) is 69.3 Å². The molecule has 3 aromatic rings. The van der Waals surface area contributed by atoms with Crippen molar-refractivity contribution in [2.45, 2.75) is 13.0 Å². The molecule has 3 amide bonds. The summed E-state index contributed by atoms with van der Waals surface area (Å²) in [5.74, 6) is -0.752. The van der Waals surface area contributed by atoms with Crippen LogP contribution in [0.4, 0.5) is 19.3 Å². The van der Waals surface area contributed by atoms with Crippen LogP contribution in [0.5, 0.6) is 11.5 Å². The molecule has 1 N–H and O–H groups in total. The lowest BCUT2D eigenvalue weighted by atomic mass is 10.1. The number of hydrogen-bond acceptors (Lipinski definition) is 6. The number of anilines is 1. The zero-order valence-corrected chi connectivity index (χ0v) is 22.4. The van der Waals surface area contributed by atoms with Gasteiger partial charge in [-0.05, 0) is 47.7 Å². The fourth-order valence-electron chi connectivity index (χ4n) is 3.69. The number of urea groups is 1. The third kappa shape index (κ3) is 8.15. The van der Waals surface area contributed by atoms with Gasteiger partial charge in [0.05, 0.1) is 33.1 Å². The lowest BCUT2D eigenvalue weighted by Gasteiger charge is -2.28. The predicted molar refractivity (Wildman–Crippen MR) is 142 cm³/mol. The van der Waals surface area contributed by atoms with Crippen LogP contribution < -0.4 is 14.8 Å². The highest BCUT2D eigenvalue weighted by Gasteiger charge is 2.23. The molecule has 0 spiro atoms. The topological polar surface area (TPSA) is 80.3 Å². The summed E-state index contributed by atoms with van der Waals surface area (Å²) in [6.45, 7) is 0.770. The second-order valence-corrected chi connectivity index (χ2v) is 9.33. The molecule has 204 valence electrons. The fourth-order valence-corrected chi connectivity index (χ4v) is 4.40. The van der Waals surface area contributed by atoms with Crippen LogP contribution in [0.15, 0.2) is 53.9 Å². The van der Waals surface area contributed by atoms with E-state index in [9.17, 15) is 18.4 Å². The van der Waals surface area contributed by atoms with Gasteiger partial charge in [0, 0.05) is 31.1 Å². The van der Waals surface area contributed by atoms with E-state index in [2.05, 4.69) is 5.32 Å². The standard InChI is InChI=1S/C27H31F2N3O5S/c1-35-13-12-32(27(34)30-23-8-7-20(28)16-22(23)29)18-26(33)31(17-21-5-4-14-38-21)11-10-19-6-9-24(36-2)25(15-19)37-3/h4-9,14-16H,10-13,17-18H2,1-3H3,(H,30,34). The first-order valence-corrected chi connectivity index (χ1v) is 12.7. The summed E-state index contributed by atoms with van der Waals surface area (Å²) in [5.41, 5.74) is 0.766. The molecule has 11 heteroatoms. The average molecular weight is 548 g/mol. The molecule has 1 heterocycles. The van der Waals surface area contributed by atoms with Gasteiger partial charge in [-0.2, -0.15) is 0 Å². The zero-order valence-electron chi connectivity index (χ0n) is 21.5. The SMILES string of the molecule is COCCN(CC(=O)N(CCc1ccc(OC)c(OC)c1)Cc1cccs1)C(=O)Nc1ccc(F)cc1F. The molecule has 0 unspecified atom stereocenters. The number of amides is 3. The van der Waals surface area contributed by atoms with E-state index in [1.807, 2.05) is 35.7 Å². The number of halogens is 2. The molecule has 0 bridgehead atoms. The molecule has 0 aliphatic rings. The Balaban J connectivity index is 1.74. The summed E-state index contributed by atoms with van der Waals surface area (Å²) < 4.78 is 43.1. The van der Waals surface area contributed by atoms with Crippen molar-refractivity contribution in [3.8, 4) is 11.5 Å². The number of thiophene rings is 1. The number of carbonyl (C=O) groups is 2. The third-order valence-corrected chi connectivity index (χ3v) is 6.61. The molecule has 38 heavy (non-hydrogen) atoms. The van der Waals surface area contributed by atoms with Gasteiger partial charge in [-0.25, -0.2) is 13.6 Å². The molecule has 8 nitrogen and oxygen atoms in total. The molecule has 1 aromatic heterocycles. The van der Waals surface area contributed by atoms with Gasteiger partial charge < -0.3 is 29.3 Å². The van der Waals surface area contributed by atoms with Gasteiger partial charge in [0.15, 0.2) is 11.5 Å². The molecule has 0 fully saturated rings. The molecule has 0 radical (unpaired) electrons. The number of rotatable bonds is 13. The lowest BCUT2D eigenvalue weighted by Crippen LogP contribution is -2.46. The average Bonchev–Trinajstić information content (AvgIpc) is 3.43. The second-order valence-electron chi connectivity index (χ2n) is 8.30. The zero-order chi connectivity index (χ0) is 27.5. The Hall–Kier alpha value is -3.70. The number of ether oxygens (including phenoxy) is 3. The monoisotopic (exact) mass is 547 g/mol. The van der Waals surface area contributed by atoms with E-state index in [0.717, 1.165) is 22.6 Å². The maximum atomic E-state index is 14.1. The van der Waals surface area contributed by atoms with Crippen molar-refractivity contribution >= 4 is 29.0 Å². The van der Waals surface area contributed by atoms with E-state index >= 15 is 0 Å². The van der Waals surface area contributed by atoms with E-state index in [1.165, 1.54) is 23.3 Å². The van der Waals surface area contributed by atoms with E-state index < -0.39 is 17.7 Å². The molecule has 3 rings (SSSR count). The fraction of sp³-hybridized carbons (Fsp3) is 0.333. The maximum absolute atomic E-state index is 14.1. The van der Waals surface area contributed by atoms with Crippen LogP contribution in [0.1, 0.15) is 10.4 Å². The lowest BCUT2D eigenvalue weighted by molar-refractivity contribution is -0.132. The largest absolute Gasteiger partial charge is 0.493 e. The molecular weight excluding hydrogens is 516 g/mol. The number of benzene rings is 2. The molecule has 2 aromatic carbocycles. The highest BCUT2D eigenvalue weighted by molar-refractivity contribution is 7.09. The van der Waals surface area contributed by atoms with E-state index in [1.54, 1.807) is 19.1 Å². The summed E-state index contributed by atoms with van der Waals surface area (Å²) >= 11 is 1.53. The molecule has 0 saturated carbocycles. The van der Waals surface area contributed by atoms with Gasteiger partial charge in [-0.3, -0.25) is 4.79 Å². The number of hydrogen-bond donors (Lipinski definition) is 1. The Kier molecular flexibility index (Phi) is 10.9. The van der Waals surface area contributed by atoms with Crippen LogP contribution >= 0.6 is 11.3 Å². The molecule has 0 aliphatic heterocycles. The number of nitrogens with zero attached hydrogens (tertiary/aromatic N) is 2. The summed E-state index contributed by atoms with van der Waals surface area (Å²) in [4.78, 5) is 30.3. The van der Waals surface area contributed by atoms with Crippen LogP contribution in [0, 0.1) is 11.6 Å². The second kappa shape index (κ2) is 14.3. The van der Waals surface area contributed by atoms with Crippen molar-refractivity contribution in [3.05, 3.63) is 76.0 Å². The Labute approximate surface area is 224 Å². The summed E-state index contributed by atoms with van der Waals surface area (Å²) in [5, 5.41) is 4.35. The highest BCUT2D eigenvalue weighted by Crippen LogP contribution is 2.28. The Morgan fingerprint density at radius 2 is 1.74 bits per heavy atom.